The molecule has 7 heteroatoms. The number of aryl methyl sites for hydroxylation is 2. The van der Waals surface area contributed by atoms with Gasteiger partial charge in [0.25, 0.3) is 0 Å². The van der Waals surface area contributed by atoms with Gasteiger partial charge in [-0.1, -0.05) is 0 Å². The van der Waals surface area contributed by atoms with Gasteiger partial charge in [-0.25, -0.2) is 4.98 Å². The molecule has 0 atom stereocenters. The highest BCUT2D eigenvalue weighted by Crippen LogP contribution is 2.48. The molecule has 4 rings (SSSR count). The third-order valence-electron chi connectivity index (χ3n) is 4.17. The largest absolute Gasteiger partial charge is 0.376 e. The van der Waals surface area contributed by atoms with Gasteiger partial charge in [0.05, 0.1) is 5.52 Å². The lowest BCUT2D eigenvalue weighted by Crippen LogP contribution is -2.18. The van der Waals surface area contributed by atoms with Crippen LogP contribution in [0.5, 0.6) is 5.75 Å². The van der Waals surface area contributed by atoms with E-state index < -0.39 is 10.1 Å². The van der Waals surface area contributed by atoms with Gasteiger partial charge in [-0.2, -0.15) is 8.42 Å². The van der Waals surface area contributed by atoms with Gasteiger partial charge in [-0.15, -0.1) is 0 Å². The summed E-state index contributed by atoms with van der Waals surface area (Å²) in [6.45, 7) is 3.61. The summed E-state index contributed by atoms with van der Waals surface area (Å²) in [6, 6.07) is 1.79. The summed E-state index contributed by atoms with van der Waals surface area (Å²) in [5, 5.41) is 0. The first kappa shape index (κ1) is 12.0. The van der Waals surface area contributed by atoms with Crippen LogP contribution in [-0.2, 0) is 17.2 Å². The average molecular weight is 293 g/mol. The number of benzene rings is 1. The van der Waals surface area contributed by atoms with Gasteiger partial charge >= 0.3 is 10.1 Å². The van der Waals surface area contributed by atoms with Crippen LogP contribution >= 0.6 is 0 Å². The highest BCUT2D eigenvalue weighted by atomic mass is 32.2. The fourth-order valence-electron chi connectivity index (χ4n) is 3.08. The van der Waals surface area contributed by atoms with Gasteiger partial charge < -0.3 is 13.7 Å². The van der Waals surface area contributed by atoms with E-state index in [9.17, 15) is 8.42 Å². The standard InChI is InChI=1S/C13H15N3O3S/c1-8-14-11-9(15(8)2)7-10-12(16-5-3-4-6-16)13(11)20(17,18)19-10/h7H,3-6H2,1-2H3. The summed E-state index contributed by atoms with van der Waals surface area (Å²) < 4.78 is 31.7. The van der Waals surface area contributed by atoms with Crippen molar-refractivity contribution < 1.29 is 12.6 Å². The maximum atomic E-state index is 12.3. The highest BCUT2D eigenvalue weighted by molar-refractivity contribution is 7.87. The summed E-state index contributed by atoms with van der Waals surface area (Å²) in [5.41, 5.74) is 2.03. The molecule has 2 bridgehead atoms. The summed E-state index contributed by atoms with van der Waals surface area (Å²) in [6.07, 6.45) is 2.16. The second kappa shape index (κ2) is 3.66. The lowest BCUT2D eigenvalue weighted by molar-refractivity contribution is 0.499. The molecule has 2 aromatic rings. The van der Waals surface area contributed by atoms with Crippen molar-refractivity contribution in [2.75, 3.05) is 18.0 Å². The minimum absolute atomic E-state index is 0.246. The zero-order valence-corrected chi connectivity index (χ0v) is 12.2. The molecule has 0 aliphatic carbocycles. The maximum Gasteiger partial charge on any atom is 0.343 e. The summed E-state index contributed by atoms with van der Waals surface area (Å²) in [7, 11) is -1.85. The van der Waals surface area contributed by atoms with Crippen molar-refractivity contribution in [3.05, 3.63) is 11.9 Å². The van der Waals surface area contributed by atoms with Crippen LogP contribution in [0.1, 0.15) is 18.7 Å². The lowest BCUT2D eigenvalue weighted by Gasteiger charge is -2.17. The third kappa shape index (κ3) is 1.38. The van der Waals surface area contributed by atoms with Gasteiger partial charge in [0.15, 0.2) is 10.6 Å². The molecular weight excluding hydrogens is 278 g/mol. The Balaban J connectivity index is 2.11. The molecule has 0 amide bonds. The first-order valence-corrected chi connectivity index (χ1v) is 8.09. The van der Waals surface area contributed by atoms with Crippen molar-refractivity contribution in [2.45, 2.75) is 24.7 Å². The van der Waals surface area contributed by atoms with Crippen LogP contribution in [-0.4, -0.2) is 31.1 Å². The Morgan fingerprint density at radius 1 is 1.30 bits per heavy atom. The quantitative estimate of drug-likeness (QED) is 0.747. The molecule has 0 unspecified atom stereocenters. The molecular formula is C13H15N3O3S. The molecule has 0 saturated carbocycles. The van der Waals surface area contributed by atoms with Crippen molar-refractivity contribution in [1.82, 2.24) is 9.55 Å². The van der Waals surface area contributed by atoms with Crippen molar-refractivity contribution in [3.63, 3.8) is 0 Å². The second-order valence-electron chi connectivity index (χ2n) is 5.37. The molecule has 0 N–H and O–H groups in total. The first-order valence-electron chi connectivity index (χ1n) is 6.68. The van der Waals surface area contributed by atoms with Crippen LogP contribution in [0.3, 0.4) is 0 Å². The van der Waals surface area contributed by atoms with E-state index in [2.05, 4.69) is 9.88 Å². The second-order valence-corrected chi connectivity index (χ2v) is 6.85. The van der Waals surface area contributed by atoms with Gasteiger partial charge in [-0.05, 0) is 19.8 Å². The van der Waals surface area contributed by atoms with Crippen molar-refractivity contribution >= 4 is 26.8 Å². The van der Waals surface area contributed by atoms with Crippen LogP contribution in [0.4, 0.5) is 5.69 Å². The predicted molar refractivity (Wildman–Crippen MR) is 74.7 cm³/mol. The van der Waals surface area contributed by atoms with Crippen molar-refractivity contribution in [1.29, 1.82) is 0 Å². The molecule has 2 aliphatic rings. The van der Waals surface area contributed by atoms with E-state index in [-0.39, 0.29) is 4.90 Å². The normalized spacial score (nSPS) is 19.8. The van der Waals surface area contributed by atoms with E-state index in [1.165, 1.54) is 0 Å². The van der Waals surface area contributed by atoms with Crippen LogP contribution < -0.4 is 9.08 Å². The Labute approximate surface area is 117 Å². The number of imidazole rings is 1. The third-order valence-corrected chi connectivity index (χ3v) is 5.45. The van der Waals surface area contributed by atoms with E-state index in [0.29, 0.717) is 17.0 Å². The molecule has 0 spiro atoms. The molecule has 20 heavy (non-hydrogen) atoms. The fraction of sp³-hybridized carbons (Fsp3) is 0.462. The van der Waals surface area contributed by atoms with Crippen LogP contribution in [0.15, 0.2) is 11.0 Å². The van der Waals surface area contributed by atoms with E-state index in [1.54, 1.807) is 6.07 Å². The molecule has 1 aromatic heterocycles. The smallest absolute Gasteiger partial charge is 0.343 e. The zero-order chi connectivity index (χ0) is 14.1. The summed E-state index contributed by atoms with van der Waals surface area (Å²) in [5.74, 6) is 1.24. The molecule has 1 saturated heterocycles. The molecule has 6 nitrogen and oxygen atoms in total. The van der Waals surface area contributed by atoms with Crippen molar-refractivity contribution in [2.24, 2.45) is 7.05 Å². The van der Waals surface area contributed by atoms with Crippen LogP contribution in [0.2, 0.25) is 0 Å². The number of nitrogens with zero attached hydrogens (tertiary/aromatic N) is 3. The Bertz CT molecular complexity index is 832. The fourth-order valence-corrected chi connectivity index (χ4v) is 4.38. The number of fused-ring (bicyclic) bond motifs is 4. The van der Waals surface area contributed by atoms with E-state index >= 15 is 0 Å². The molecule has 2 aliphatic heterocycles. The van der Waals surface area contributed by atoms with Crippen molar-refractivity contribution in [3.8, 4) is 5.75 Å². The monoisotopic (exact) mass is 293 g/mol. The zero-order valence-electron chi connectivity index (χ0n) is 11.4. The minimum atomic E-state index is -3.73. The van der Waals surface area contributed by atoms with E-state index in [4.69, 9.17) is 4.18 Å². The SMILES string of the molecule is Cc1nc2c3c(N4CCCC4)c(cc2n1C)OS3(=O)=O. The number of rotatable bonds is 1. The Hall–Kier alpha value is -1.76. The van der Waals surface area contributed by atoms with E-state index in [1.807, 2.05) is 18.5 Å². The number of hydrogen-bond donors (Lipinski definition) is 0. The van der Waals surface area contributed by atoms with Crippen LogP contribution in [0, 0.1) is 6.92 Å². The minimum Gasteiger partial charge on any atom is -0.376 e. The van der Waals surface area contributed by atoms with E-state index in [0.717, 1.165) is 37.3 Å². The first-order chi connectivity index (χ1) is 9.49. The number of anilines is 1. The number of hydrogen-bond acceptors (Lipinski definition) is 5. The molecule has 106 valence electrons. The summed E-state index contributed by atoms with van der Waals surface area (Å²) in [4.78, 5) is 6.76. The Morgan fingerprint density at radius 3 is 2.70 bits per heavy atom. The maximum absolute atomic E-state index is 12.3. The summed E-state index contributed by atoms with van der Waals surface area (Å²) >= 11 is 0. The Morgan fingerprint density at radius 2 is 2.00 bits per heavy atom. The van der Waals surface area contributed by atoms with Gasteiger partial charge in [0, 0.05) is 26.2 Å². The predicted octanol–water partition coefficient (Wildman–Crippen LogP) is 1.56. The number of aromatic nitrogens is 2. The van der Waals surface area contributed by atoms with Gasteiger partial charge in [0.1, 0.15) is 17.0 Å². The van der Waals surface area contributed by atoms with Crippen LogP contribution in [0.25, 0.3) is 11.0 Å². The molecule has 3 heterocycles. The molecule has 0 radical (unpaired) electrons. The topological polar surface area (TPSA) is 64.4 Å². The Kier molecular flexibility index (Phi) is 2.20. The van der Waals surface area contributed by atoms with Gasteiger partial charge in [-0.3, -0.25) is 0 Å². The average Bonchev–Trinajstić information content (AvgIpc) is 3.02. The van der Waals surface area contributed by atoms with Gasteiger partial charge in [0.2, 0.25) is 0 Å². The highest BCUT2D eigenvalue weighted by Gasteiger charge is 2.39. The molecule has 1 fully saturated rings. The lowest BCUT2D eigenvalue weighted by atomic mass is 10.2. The molecule has 1 aromatic carbocycles.